The van der Waals surface area contributed by atoms with E-state index in [4.69, 9.17) is 0 Å². The van der Waals surface area contributed by atoms with Gasteiger partial charge in [0.2, 0.25) is 0 Å². The normalized spacial score (nSPS) is 34.7. The molecule has 0 spiro atoms. The molecule has 0 saturated heterocycles. The third-order valence-corrected chi connectivity index (χ3v) is 1.54. The van der Waals surface area contributed by atoms with Gasteiger partial charge in [0, 0.05) is 0 Å². The van der Waals surface area contributed by atoms with E-state index in [0.717, 1.165) is 0 Å². The third kappa shape index (κ3) is 1.34. The highest BCUT2D eigenvalue weighted by Gasteiger charge is 2.55. The number of rotatable bonds is 1. The molecule has 1 aliphatic carbocycles. The van der Waals surface area contributed by atoms with Crippen LogP contribution in [0.2, 0.25) is 0 Å². The van der Waals surface area contributed by atoms with Crippen molar-refractivity contribution >= 4 is 0 Å². The van der Waals surface area contributed by atoms with Crippen LogP contribution >= 0.6 is 0 Å². The first-order valence-corrected chi connectivity index (χ1v) is 2.68. The summed E-state index contributed by atoms with van der Waals surface area (Å²) in [4.78, 5) is 0. The van der Waals surface area contributed by atoms with E-state index in [1.807, 2.05) is 0 Å². The van der Waals surface area contributed by atoms with Gasteiger partial charge in [-0.05, 0) is 12.3 Å². The van der Waals surface area contributed by atoms with Gasteiger partial charge >= 0.3 is 6.18 Å². The standard InChI is InChI=1S/C5H6F4/c6-2-3-1-4(3)5(7,8)9/h3-4H,1-2H2. The van der Waals surface area contributed by atoms with Crippen molar-refractivity contribution in [3.05, 3.63) is 0 Å². The molecule has 0 aromatic carbocycles. The minimum Gasteiger partial charge on any atom is -0.251 e. The van der Waals surface area contributed by atoms with Gasteiger partial charge in [-0.2, -0.15) is 13.2 Å². The molecule has 1 saturated carbocycles. The van der Waals surface area contributed by atoms with Crippen LogP contribution in [0.25, 0.3) is 0 Å². The van der Waals surface area contributed by atoms with Crippen molar-refractivity contribution in [2.45, 2.75) is 12.6 Å². The van der Waals surface area contributed by atoms with Crippen LogP contribution in [0.5, 0.6) is 0 Å². The second kappa shape index (κ2) is 1.85. The molecule has 0 bridgehead atoms. The van der Waals surface area contributed by atoms with Crippen LogP contribution in [-0.4, -0.2) is 12.9 Å². The molecule has 0 aromatic heterocycles. The van der Waals surface area contributed by atoms with Crippen molar-refractivity contribution < 1.29 is 17.6 Å². The third-order valence-electron chi connectivity index (χ3n) is 1.54. The van der Waals surface area contributed by atoms with Gasteiger partial charge in [-0.1, -0.05) is 0 Å². The van der Waals surface area contributed by atoms with Gasteiger partial charge in [0.1, 0.15) is 0 Å². The van der Waals surface area contributed by atoms with Crippen LogP contribution in [0.4, 0.5) is 17.6 Å². The fourth-order valence-corrected chi connectivity index (χ4v) is 0.819. The fraction of sp³-hybridized carbons (Fsp3) is 1.00. The average molecular weight is 142 g/mol. The largest absolute Gasteiger partial charge is 0.392 e. The summed E-state index contributed by atoms with van der Waals surface area (Å²) in [7, 11) is 0. The predicted molar refractivity (Wildman–Crippen MR) is 23.6 cm³/mol. The second-order valence-electron chi connectivity index (χ2n) is 2.30. The van der Waals surface area contributed by atoms with Gasteiger partial charge in [-0.25, -0.2) is 0 Å². The van der Waals surface area contributed by atoms with Crippen LogP contribution in [0, 0.1) is 11.8 Å². The second-order valence-corrected chi connectivity index (χ2v) is 2.30. The summed E-state index contributed by atoms with van der Waals surface area (Å²) in [6.45, 7) is -0.829. The molecule has 0 radical (unpaired) electrons. The molecule has 0 aliphatic heterocycles. The van der Waals surface area contributed by atoms with E-state index in [0.29, 0.717) is 0 Å². The summed E-state index contributed by atoms with van der Waals surface area (Å²) in [6.07, 6.45) is -4.17. The van der Waals surface area contributed by atoms with Gasteiger partial charge in [-0.15, -0.1) is 0 Å². The lowest BCUT2D eigenvalue weighted by molar-refractivity contribution is -0.151. The van der Waals surface area contributed by atoms with Gasteiger partial charge < -0.3 is 0 Å². The summed E-state index contributed by atoms with van der Waals surface area (Å²) >= 11 is 0. The van der Waals surface area contributed by atoms with Crippen molar-refractivity contribution in [3.8, 4) is 0 Å². The average Bonchev–Trinajstić information content (AvgIpc) is 2.39. The minimum absolute atomic E-state index is 0.0139. The van der Waals surface area contributed by atoms with E-state index in [-0.39, 0.29) is 6.42 Å². The van der Waals surface area contributed by atoms with Gasteiger partial charge in [0.05, 0.1) is 12.6 Å². The molecule has 0 aromatic rings. The Morgan fingerprint density at radius 2 is 1.89 bits per heavy atom. The minimum atomic E-state index is -4.16. The first kappa shape index (κ1) is 6.83. The van der Waals surface area contributed by atoms with Gasteiger partial charge in [-0.3, -0.25) is 4.39 Å². The maximum atomic E-state index is 11.5. The Morgan fingerprint density at radius 3 is 2.00 bits per heavy atom. The molecule has 0 heterocycles. The zero-order chi connectivity index (χ0) is 7.07. The number of hydrogen-bond donors (Lipinski definition) is 0. The summed E-state index contributed by atoms with van der Waals surface area (Å²) < 4.78 is 46.0. The smallest absolute Gasteiger partial charge is 0.251 e. The Kier molecular flexibility index (Phi) is 1.41. The van der Waals surface area contributed by atoms with Crippen LogP contribution in [0.3, 0.4) is 0 Å². The molecule has 4 heteroatoms. The lowest BCUT2D eigenvalue weighted by Crippen LogP contribution is -2.12. The molecule has 0 N–H and O–H groups in total. The van der Waals surface area contributed by atoms with Crippen LogP contribution < -0.4 is 0 Å². The Bertz CT molecular complexity index is 106. The SMILES string of the molecule is FCC1CC1C(F)(F)F. The lowest BCUT2D eigenvalue weighted by atomic mass is 10.3. The first-order valence-electron chi connectivity index (χ1n) is 2.68. The van der Waals surface area contributed by atoms with Gasteiger partial charge in [0.15, 0.2) is 0 Å². The predicted octanol–water partition coefficient (Wildman–Crippen LogP) is 2.15. The zero-order valence-electron chi connectivity index (χ0n) is 4.58. The van der Waals surface area contributed by atoms with E-state index in [9.17, 15) is 17.6 Å². The van der Waals surface area contributed by atoms with E-state index < -0.39 is 24.7 Å². The van der Waals surface area contributed by atoms with E-state index in [1.54, 1.807) is 0 Å². The van der Waals surface area contributed by atoms with E-state index >= 15 is 0 Å². The molecule has 9 heavy (non-hydrogen) atoms. The summed E-state index contributed by atoms with van der Waals surface area (Å²) in [5, 5.41) is 0. The lowest BCUT2D eigenvalue weighted by Gasteiger charge is -2.01. The van der Waals surface area contributed by atoms with Crippen LogP contribution in [0.15, 0.2) is 0 Å². The van der Waals surface area contributed by atoms with Crippen molar-refractivity contribution in [1.29, 1.82) is 0 Å². The van der Waals surface area contributed by atoms with E-state index in [1.165, 1.54) is 0 Å². The highest BCUT2D eigenvalue weighted by atomic mass is 19.4. The van der Waals surface area contributed by atoms with Crippen molar-refractivity contribution in [2.75, 3.05) is 6.67 Å². The van der Waals surface area contributed by atoms with Crippen LogP contribution in [-0.2, 0) is 0 Å². The fourth-order valence-electron chi connectivity index (χ4n) is 0.819. The highest BCUT2D eigenvalue weighted by molar-refractivity contribution is 4.90. The quantitative estimate of drug-likeness (QED) is 0.492. The molecule has 2 atom stereocenters. The molecule has 54 valence electrons. The Labute approximate surface area is 49.9 Å². The molecular weight excluding hydrogens is 136 g/mol. The monoisotopic (exact) mass is 142 g/mol. The van der Waals surface area contributed by atoms with Crippen LogP contribution in [0.1, 0.15) is 6.42 Å². The topological polar surface area (TPSA) is 0 Å². The first-order chi connectivity index (χ1) is 4.05. The van der Waals surface area contributed by atoms with Crippen molar-refractivity contribution in [3.63, 3.8) is 0 Å². The maximum absolute atomic E-state index is 11.5. The number of hydrogen-bond acceptors (Lipinski definition) is 0. The molecular formula is C5H6F4. The number of halogens is 4. The highest BCUT2D eigenvalue weighted by Crippen LogP contribution is 2.49. The summed E-state index contributed by atoms with van der Waals surface area (Å²) in [5.41, 5.74) is 0. The molecule has 0 amide bonds. The molecule has 1 rings (SSSR count). The summed E-state index contributed by atoms with van der Waals surface area (Å²) in [5.74, 6) is -2.08. The number of alkyl halides is 4. The Morgan fingerprint density at radius 1 is 1.33 bits per heavy atom. The maximum Gasteiger partial charge on any atom is 0.392 e. The molecule has 1 fully saturated rings. The Hall–Kier alpha value is -0.280. The van der Waals surface area contributed by atoms with E-state index in [2.05, 4.69) is 0 Å². The molecule has 2 unspecified atom stereocenters. The zero-order valence-corrected chi connectivity index (χ0v) is 4.58. The Balaban J connectivity index is 2.33. The van der Waals surface area contributed by atoms with Crippen molar-refractivity contribution in [1.82, 2.24) is 0 Å². The molecule has 1 aliphatic rings. The van der Waals surface area contributed by atoms with Gasteiger partial charge in [0.25, 0.3) is 0 Å². The summed E-state index contributed by atoms with van der Waals surface area (Å²) in [6, 6.07) is 0. The molecule has 0 nitrogen and oxygen atoms in total. The van der Waals surface area contributed by atoms with Crippen molar-refractivity contribution in [2.24, 2.45) is 11.8 Å².